The van der Waals surface area contributed by atoms with E-state index >= 15 is 0 Å². The van der Waals surface area contributed by atoms with Crippen molar-refractivity contribution in [2.45, 2.75) is 25.1 Å². The summed E-state index contributed by atoms with van der Waals surface area (Å²) < 4.78 is 40.5. The molecule has 0 aromatic heterocycles. The summed E-state index contributed by atoms with van der Waals surface area (Å²) in [4.78, 5) is -0.647. The van der Waals surface area contributed by atoms with Crippen molar-refractivity contribution < 1.29 is 13.2 Å². The summed E-state index contributed by atoms with van der Waals surface area (Å²) in [6.45, 7) is 4.26. The smallest absolute Gasteiger partial charge is 0.133 e. The molecule has 0 aliphatic carbocycles. The van der Waals surface area contributed by atoms with Crippen LogP contribution in [0.2, 0.25) is 0 Å². The Labute approximate surface area is 131 Å². The molecule has 0 bridgehead atoms. The van der Waals surface area contributed by atoms with E-state index in [1.807, 2.05) is 24.3 Å². The van der Waals surface area contributed by atoms with E-state index in [1.165, 1.54) is 5.56 Å². The van der Waals surface area contributed by atoms with Crippen molar-refractivity contribution in [2.24, 2.45) is 5.92 Å². The maximum Gasteiger partial charge on any atom is 0.133 e. The Kier molecular flexibility index (Phi) is 5.09. The van der Waals surface area contributed by atoms with Crippen molar-refractivity contribution in [1.29, 1.82) is 0 Å². The van der Waals surface area contributed by atoms with Gasteiger partial charge in [-0.25, -0.2) is 13.2 Å². The Bertz CT molecular complexity index is 597. The zero-order valence-electron chi connectivity index (χ0n) is 11.8. The molecule has 4 heteroatoms. The third-order valence-corrected chi connectivity index (χ3v) is 4.20. The highest BCUT2D eigenvalue weighted by Crippen LogP contribution is 2.34. The largest absolute Gasteiger partial charge is 0.207 e. The quantitative estimate of drug-likeness (QED) is 0.608. The molecule has 0 fully saturated rings. The van der Waals surface area contributed by atoms with Crippen LogP contribution >= 0.6 is 15.9 Å². The first-order valence-electron chi connectivity index (χ1n) is 6.76. The Morgan fingerprint density at radius 1 is 0.952 bits per heavy atom. The molecule has 1 unspecified atom stereocenters. The average Bonchev–Trinajstić information content (AvgIpc) is 2.37. The fraction of sp³-hybridized carbons (Fsp3) is 0.294. The van der Waals surface area contributed by atoms with Gasteiger partial charge in [-0.15, -0.1) is 0 Å². The maximum absolute atomic E-state index is 13.8. The molecule has 0 heterocycles. The second-order valence-corrected chi connectivity index (χ2v) is 6.40. The summed E-state index contributed by atoms with van der Waals surface area (Å²) >= 11 is 3.29. The van der Waals surface area contributed by atoms with Crippen LogP contribution in [-0.2, 0) is 6.42 Å². The zero-order chi connectivity index (χ0) is 15.6. The molecule has 0 N–H and O–H groups in total. The maximum atomic E-state index is 13.8. The van der Waals surface area contributed by atoms with Gasteiger partial charge in [-0.2, -0.15) is 0 Å². The molecule has 0 amide bonds. The first-order valence-corrected chi connectivity index (χ1v) is 7.67. The van der Waals surface area contributed by atoms with Crippen LogP contribution in [0.3, 0.4) is 0 Å². The van der Waals surface area contributed by atoms with Crippen LogP contribution in [0, 0.1) is 23.4 Å². The minimum atomic E-state index is -0.916. The molecule has 2 aromatic carbocycles. The number of hydrogen-bond donors (Lipinski definition) is 0. The van der Waals surface area contributed by atoms with Gasteiger partial charge >= 0.3 is 0 Å². The van der Waals surface area contributed by atoms with Gasteiger partial charge in [0.25, 0.3) is 0 Å². The van der Waals surface area contributed by atoms with Gasteiger partial charge in [0.1, 0.15) is 17.5 Å². The Balaban J connectivity index is 2.30. The molecule has 1 atom stereocenters. The molecule has 21 heavy (non-hydrogen) atoms. The first kappa shape index (κ1) is 16.1. The third kappa shape index (κ3) is 3.88. The number of alkyl halides is 1. The predicted molar refractivity (Wildman–Crippen MR) is 82.1 cm³/mol. The van der Waals surface area contributed by atoms with Crippen molar-refractivity contribution in [2.75, 3.05) is 0 Å². The molecule has 2 rings (SSSR count). The first-order chi connectivity index (χ1) is 9.88. The lowest BCUT2D eigenvalue weighted by atomic mass is 9.98. The average molecular weight is 357 g/mol. The topological polar surface area (TPSA) is 0 Å². The molecule has 0 saturated heterocycles. The highest BCUT2D eigenvalue weighted by atomic mass is 79.9. The predicted octanol–water partition coefficient (Wildman–Crippen LogP) is 5.79. The molecule has 0 nitrogen and oxygen atoms in total. The van der Waals surface area contributed by atoms with Crippen molar-refractivity contribution in [1.82, 2.24) is 0 Å². The molecule has 0 radical (unpaired) electrons. The lowest BCUT2D eigenvalue weighted by molar-refractivity contribution is 0.527. The van der Waals surface area contributed by atoms with Crippen LogP contribution in [-0.4, -0.2) is 0 Å². The van der Waals surface area contributed by atoms with Crippen molar-refractivity contribution in [3.05, 3.63) is 70.5 Å². The van der Waals surface area contributed by atoms with Crippen LogP contribution in [0.1, 0.15) is 35.4 Å². The van der Waals surface area contributed by atoms with Gasteiger partial charge in [0.15, 0.2) is 0 Å². The molecule has 0 aliphatic heterocycles. The number of rotatable bonds is 4. The molecule has 112 valence electrons. The van der Waals surface area contributed by atoms with E-state index in [0.717, 1.165) is 12.0 Å². The molecule has 0 aliphatic rings. The fourth-order valence-electron chi connectivity index (χ4n) is 2.26. The SMILES string of the molecule is CC(C)Cc1ccc(C(Br)c2c(F)cc(F)cc2F)cc1. The summed E-state index contributed by atoms with van der Waals surface area (Å²) in [6.07, 6.45) is 0.951. The summed E-state index contributed by atoms with van der Waals surface area (Å²) in [7, 11) is 0. The molecule has 0 saturated carbocycles. The fourth-order valence-corrected chi connectivity index (χ4v) is 3.00. The van der Waals surface area contributed by atoms with Crippen molar-refractivity contribution in [3.8, 4) is 0 Å². The minimum absolute atomic E-state index is 0.173. The monoisotopic (exact) mass is 356 g/mol. The normalized spacial score (nSPS) is 12.7. The van der Waals surface area contributed by atoms with Gasteiger partial charge in [0, 0.05) is 17.7 Å². The van der Waals surface area contributed by atoms with Crippen LogP contribution in [0.25, 0.3) is 0 Å². The standard InChI is InChI=1S/C17H16BrF3/c1-10(2)7-11-3-5-12(6-4-11)17(18)16-14(20)8-13(19)9-15(16)21/h3-6,8-10,17H,7H2,1-2H3. The highest BCUT2D eigenvalue weighted by Gasteiger charge is 2.20. The van der Waals surface area contributed by atoms with Crippen LogP contribution in [0.5, 0.6) is 0 Å². The van der Waals surface area contributed by atoms with Gasteiger partial charge < -0.3 is 0 Å². The van der Waals surface area contributed by atoms with Crippen molar-refractivity contribution >= 4 is 15.9 Å². The van der Waals surface area contributed by atoms with Gasteiger partial charge in [0.2, 0.25) is 0 Å². The summed E-state index contributed by atoms with van der Waals surface area (Å²) in [5.41, 5.74) is 1.73. The zero-order valence-corrected chi connectivity index (χ0v) is 13.4. The van der Waals surface area contributed by atoms with E-state index in [-0.39, 0.29) is 5.56 Å². The number of benzene rings is 2. The van der Waals surface area contributed by atoms with Gasteiger partial charge in [0.05, 0.1) is 4.83 Å². The number of hydrogen-bond acceptors (Lipinski definition) is 0. The lowest BCUT2D eigenvalue weighted by Crippen LogP contribution is -2.02. The van der Waals surface area contributed by atoms with Gasteiger partial charge in [-0.3, -0.25) is 0 Å². The van der Waals surface area contributed by atoms with E-state index in [0.29, 0.717) is 18.1 Å². The second-order valence-electron chi connectivity index (χ2n) is 5.49. The van der Waals surface area contributed by atoms with E-state index < -0.39 is 22.3 Å². The van der Waals surface area contributed by atoms with Gasteiger partial charge in [-0.05, 0) is 23.5 Å². The molecular weight excluding hydrogens is 341 g/mol. The molecule has 2 aromatic rings. The van der Waals surface area contributed by atoms with Gasteiger partial charge in [-0.1, -0.05) is 54.0 Å². The van der Waals surface area contributed by atoms with E-state index in [9.17, 15) is 13.2 Å². The van der Waals surface area contributed by atoms with Crippen LogP contribution in [0.15, 0.2) is 36.4 Å². The van der Waals surface area contributed by atoms with E-state index in [2.05, 4.69) is 29.8 Å². The van der Waals surface area contributed by atoms with Crippen LogP contribution in [0.4, 0.5) is 13.2 Å². The van der Waals surface area contributed by atoms with E-state index in [4.69, 9.17) is 0 Å². The summed E-state index contributed by atoms with van der Waals surface area (Å²) in [5, 5.41) is 0. The van der Waals surface area contributed by atoms with Crippen molar-refractivity contribution in [3.63, 3.8) is 0 Å². The summed E-state index contributed by atoms with van der Waals surface area (Å²) in [6, 6.07) is 8.95. The Morgan fingerprint density at radius 2 is 1.48 bits per heavy atom. The number of halogens is 4. The Hall–Kier alpha value is -1.29. The highest BCUT2D eigenvalue weighted by molar-refractivity contribution is 9.09. The summed E-state index contributed by atoms with van der Waals surface area (Å²) in [5.74, 6) is -2.15. The van der Waals surface area contributed by atoms with E-state index in [1.54, 1.807) is 0 Å². The minimum Gasteiger partial charge on any atom is -0.207 e. The Morgan fingerprint density at radius 3 is 1.95 bits per heavy atom. The lowest BCUT2D eigenvalue weighted by Gasteiger charge is -2.14. The molecule has 0 spiro atoms. The second kappa shape index (κ2) is 6.65. The third-order valence-electron chi connectivity index (χ3n) is 3.21. The molecular formula is C17H16BrF3. The van der Waals surface area contributed by atoms with Crippen LogP contribution < -0.4 is 0 Å².